The maximum atomic E-state index is 12.5. The molecule has 4 rings (SSSR count). The summed E-state index contributed by atoms with van der Waals surface area (Å²) in [7, 11) is 0. The van der Waals surface area contributed by atoms with E-state index in [1.165, 1.54) is 0 Å². The predicted octanol–water partition coefficient (Wildman–Crippen LogP) is 2.96. The molecule has 1 unspecified atom stereocenters. The third-order valence-corrected chi connectivity index (χ3v) is 5.11. The summed E-state index contributed by atoms with van der Waals surface area (Å²) in [5.41, 5.74) is 0.904. The number of pyridine rings is 1. The Kier molecular flexibility index (Phi) is 4.15. The second kappa shape index (κ2) is 6.46. The van der Waals surface area contributed by atoms with Crippen LogP contribution < -0.4 is 5.32 Å². The van der Waals surface area contributed by atoms with Gasteiger partial charge in [-0.2, -0.15) is 4.98 Å². The lowest BCUT2D eigenvalue weighted by Gasteiger charge is -2.38. The number of carbonyl (C=O) groups is 1. The summed E-state index contributed by atoms with van der Waals surface area (Å²) in [5.74, 6) is 1.51. The van der Waals surface area contributed by atoms with E-state index in [2.05, 4.69) is 20.4 Å². The van der Waals surface area contributed by atoms with E-state index < -0.39 is 0 Å². The van der Waals surface area contributed by atoms with Gasteiger partial charge < -0.3 is 14.7 Å². The van der Waals surface area contributed by atoms with E-state index in [9.17, 15) is 4.79 Å². The smallest absolute Gasteiger partial charge is 0.318 e. The van der Waals surface area contributed by atoms with Crippen molar-refractivity contribution < 1.29 is 9.32 Å². The molecule has 1 N–H and O–H groups in total. The van der Waals surface area contributed by atoms with E-state index >= 15 is 0 Å². The van der Waals surface area contributed by atoms with Crippen LogP contribution in [0.2, 0.25) is 0 Å². The number of amides is 2. The Morgan fingerprint density at radius 1 is 1.24 bits per heavy atom. The Balaban J connectivity index is 1.48. The Hall–Kier alpha value is -2.44. The Labute approximate surface area is 146 Å². The molecule has 2 aromatic rings. The van der Waals surface area contributed by atoms with Crippen LogP contribution in [0.15, 0.2) is 29.0 Å². The minimum Gasteiger partial charge on any atom is -0.339 e. The molecule has 0 saturated carbocycles. The highest BCUT2D eigenvalue weighted by molar-refractivity contribution is 5.75. The number of piperidine rings is 1. The molecule has 0 aromatic carbocycles. The molecule has 3 atom stereocenters. The minimum atomic E-state index is 0.0592. The first-order valence-electron chi connectivity index (χ1n) is 8.94. The van der Waals surface area contributed by atoms with Gasteiger partial charge in [-0.25, -0.2) is 4.79 Å². The normalized spacial score (nSPS) is 25.4. The van der Waals surface area contributed by atoms with Gasteiger partial charge in [0.1, 0.15) is 0 Å². The van der Waals surface area contributed by atoms with Crippen molar-refractivity contribution in [3.63, 3.8) is 0 Å². The molecule has 4 heterocycles. The minimum absolute atomic E-state index is 0.0592. The van der Waals surface area contributed by atoms with Crippen molar-refractivity contribution in [2.45, 2.75) is 63.6 Å². The topological polar surface area (TPSA) is 84.2 Å². The molecule has 2 aliphatic heterocycles. The molecule has 2 fully saturated rings. The average Bonchev–Trinajstić information content (AvgIpc) is 3.18. The van der Waals surface area contributed by atoms with Crippen LogP contribution in [0.1, 0.15) is 51.3 Å². The summed E-state index contributed by atoms with van der Waals surface area (Å²) in [5, 5.41) is 7.14. The standard InChI is InChI=1S/C18H23N5O2/c1-11(2)20-18(24)23-14-3-4-15(23)10-13(9-14)17-21-16(22-25-17)12-5-7-19-8-6-12/h5-8,11,13-15H,3-4,9-10H2,1-2H3,(H,20,24)/t13?,14-,15+. The molecular formula is C18H23N5O2. The van der Waals surface area contributed by atoms with Crippen LogP contribution >= 0.6 is 0 Å². The molecule has 2 aromatic heterocycles. The summed E-state index contributed by atoms with van der Waals surface area (Å²) in [6.45, 7) is 3.98. The Bertz CT molecular complexity index is 731. The summed E-state index contributed by atoms with van der Waals surface area (Å²) in [6, 6.07) is 4.49. The van der Waals surface area contributed by atoms with E-state index in [4.69, 9.17) is 4.52 Å². The molecular weight excluding hydrogens is 318 g/mol. The number of hydrogen-bond acceptors (Lipinski definition) is 5. The number of aromatic nitrogens is 3. The summed E-state index contributed by atoms with van der Waals surface area (Å²) in [6.07, 6.45) is 7.32. The molecule has 2 bridgehead atoms. The zero-order chi connectivity index (χ0) is 17.4. The lowest BCUT2D eigenvalue weighted by Crippen LogP contribution is -2.51. The number of rotatable bonds is 3. The molecule has 0 aliphatic carbocycles. The Morgan fingerprint density at radius 3 is 2.56 bits per heavy atom. The highest BCUT2D eigenvalue weighted by Gasteiger charge is 2.45. The number of nitrogens with zero attached hydrogens (tertiary/aromatic N) is 4. The maximum Gasteiger partial charge on any atom is 0.318 e. The van der Waals surface area contributed by atoms with Gasteiger partial charge in [-0.1, -0.05) is 5.16 Å². The van der Waals surface area contributed by atoms with Gasteiger partial charge in [0.25, 0.3) is 0 Å². The second-order valence-electron chi connectivity index (χ2n) is 7.26. The molecule has 7 heteroatoms. The highest BCUT2D eigenvalue weighted by Crippen LogP contribution is 2.42. The quantitative estimate of drug-likeness (QED) is 0.928. The van der Waals surface area contributed by atoms with E-state index in [1.54, 1.807) is 12.4 Å². The number of carbonyl (C=O) groups excluding carboxylic acids is 1. The van der Waals surface area contributed by atoms with Crippen LogP contribution in [-0.2, 0) is 0 Å². The van der Waals surface area contributed by atoms with Crippen LogP contribution in [0, 0.1) is 0 Å². The van der Waals surface area contributed by atoms with Crippen LogP contribution in [0.5, 0.6) is 0 Å². The van der Waals surface area contributed by atoms with E-state index in [0.717, 1.165) is 31.2 Å². The highest BCUT2D eigenvalue weighted by atomic mass is 16.5. The number of urea groups is 1. The first kappa shape index (κ1) is 16.1. The fourth-order valence-corrected chi connectivity index (χ4v) is 4.05. The first-order chi connectivity index (χ1) is 12.1. The van der Waals surface area contributed by atoms with Gasteiger partial charge in [-0.3, -0.25) is 4.98 Å². The van der Waals surface area contributed by atoms with Crippen LogP contribution in [0.3, 0.4) is 0 Å². The first-order valence-corrected chi connectivity index (χ1v) is 8.94. The van der Waals surface area contributed by atoms with Crippen molar-refractivity contribution in [3.05, 3.63) is 30.4 Å². The number of nitrogens with one attached hydrogen (secondary N) is 1. The third-order valence-electron chi connectivity index (χ3n) is 5.11. The van der Waals surface area contributed by atoms with Crippen LogP contribution in [-0.4, -0.2) is 44.2 Å². The van der Waals surface area contributed by atoms with Gasteiger partial charge in [0.05, 0.1) is 0 Å². The third kappa shape index (κ3) is 3.10. The molecule has 2 amide bonds. The zero-order valence-corrected chi connectivity index (χ0v) is 14.6. The van der Waals surface area contributed by atoms with Crippen molar-refractivity contribution in [1.82, 2.24) is 25.3 Å². The second-order valence-corrected chi connectivity index (χ2v) is 7.26. The molecule has 132 valence electrons. The Morgan fingerprint density at radius 2 is 1.92 bits per heavy atom. The molecule has 7 nitrogen and oxygen atoms in total. The van der Waals surface area contributed by atoms with Gasteiger partial charge in [0.2, 0.25) is 11.7 Å². The molecule has 2 aliphatic rings. The monoisotopic (exact) mass is 341 g/mol. The van der Waals surface area contributed by atoms with E-state index in [0.29, 0.717) is 11.7 Å². The fourth-order valence-electron chi connectivity index (χ4n) is 4.05. The lowest BCUT2D eigenvalue weighted by atomic mass is 9.91. The lowest BCUT2D eigenvalue weighted by molar-refractivity contribution is 0.129. The SMILES string of the molecule is CC(C)NC(=O)N1[C@@H]2CC[C@H]1CC(c1nc(-c3ccncc3)no1)C2. The molecule has 0 radical (unpaired) electrons. The van der Waals surface area contributed by atoms with E-state index in [1.807, 2.05) is 30.9 Å². The van der Waals surface area contributed by atoms with Gasteiger partial charge >= 0.3 is 6.03 Å². The largest absolute Gasteiger partial charge is 0.339 e. The summed E-state index contributed by atoms with van der Waals surface area (Å²) >= 11 is 0. The van der Waals surface area contributed by atoms with Gasteiger partial charge in [0.15, 0.2) is 0 Å². The number of fused-ring (bicyclic) bond motifs is 2. The van der Waals surface area contributed by atoms with Crippen molar-refractivity contribution in [3.8, 4) is 11.4 Å². The van der Waals surface area contributed by atoms with Gasteiger partial charge in [-0.05, 0) is 51.7 Å². The molecule has 2 saturated heterocycles. The van der Waals surface area contributed by atoms with Crippen LogP contribution in [0.25, 0.3) is 11.4 Å². The zero-order valence-electron chi connectivity index (χ0n) is 14.6. The summed E-state index contributed by atoms with van der Waals surface area (Å²) < 4.78 is 5.54. The van der Waals surface area contributed by atoms with Crippen molar-refractivity contribution in [2.24, 2.45) is 0 Å². The van der Waals surface area contributed by atoms with Crippen molar-refractivity contribution in [1.29, 1.82) is 0 Å². The number of hydrogen-bond donors (Lipinski definition) is 1. The van der Waals surface area contributed by atoms with Crippen molar-refractivity contribution in [2.75, 3.05) is 0 Å². The van der Waals surface area contributed by atoms with Gasteiger partial charge in [0, 0.05) is 42.0 Å². The fraction of sp³-hybridized carbons (Fsp3) is 0.556. The molecule has 25 heavy (non-hydrogen) atoms. The van der Waals surface area contributed by atoms with Crippen molar-refractivity contribution >= 4 is 6.03 Å². The average molecular weight is 341 g/mol. The van der Waals surface area contributed by atoms with Gasteiger partial charge in [-0.15, -0.1) is 0 Å². The van der Waals surface area contributed by atoms with Crippen LogP contribution in [0.4, 0.5) is 4.79 Å². The maximum absolute atomic E-state index is 12.5. The summed E-state index contributed by atoms with van der Waals surface area (Å²) in [4.78, 5) is 23.1. The van der Waals surface area contributed by atoms with E-state index in [-0.39, 0.29) is 30.1 Å². The molecule has 0 spiro atoms. The predicted molar refractivity (Wildman–Crippen MR) is 91.8 cm³/mol.